The van der Waals surface area contributed by atoms with Crippen molar-refractivity contribution in [3.05, 3.63) is 58.0 Å². The lowest BCUT2D eigenvalue weighted by Gasteiger charge is -2.14. The Balaban J connectivity index is 2.78. The fourth-order valence-electron chi connectivity index (χ4n) is 2.07. The summed E-state index contributed by atoms with van der Waals surface area (Å²) in [6, 6.07) is 5.53. The Labute approximate surface area is 127 Å². The van der Waals surface area contributed by atoms with Crippen LogP contribution in [-0.2, 0) is 14.6 Å². The van der Waals surface area contributed by atoms with Crippen LogP contribution in [0.5, 0.6) is 0 Å². The molecule has 2 rings (SSSR count). The zero-order valence-electron chi connectivity index (χ0n) is 12.4. The Morgan fingerprint density at radius 1 is 1.18 bits per heavy atom. The number of rotatable bonds is 3. The van der Waals surface area contributed by atoms with E-state index in [0.29, 0.717) is 11.3 Å². The highest BCUT2D eigenvalue weighted by Gasteiger charge is 2.20. The number of aromatic nitrogens is 1. The van der Waals surface area contributed by atoms with Crippen LogP contribution < -0.4 is 5.43 Å². The summed E-state index contributed by atoms with van der Waals surface area (Å²) in [7, 11) is -2.35. The number of carbonyl (C=O) groups is 1. The van der Waals surface area contributed by atoms with E-state index in [4.69, 9.17) is 0 Å². The maximum atomic E-state index is 12.0. The SMILES string of the molecule is COC(=O)c1cc(S(C)(=O)=O)c(-n2ccc(=O)cc2)cc1C. The number of benzene rings is 1. The van der Waals surface area contributed by atoms with Crippen LogP contribution in [0.3, 0.4) is 0 Å². The monoisotopic (exact) mass is 321 g/mol. The number of methoxy groups -OCH3 is 1. The van der Waals surface area contributed by atoms with Crippen molar-refractivity contribution in [3.8, 4) is 5.69 Å². The number of sulfone groups is 1. The second kappa shape index (κ2) is 5.76. The van der Waals surface area contributed by atoms with Crippen LogP contribution in [0, 0.1) is 6.92 Å². The van der Waals surface area contributed by atoms with E-state index in [0.717, 1.165) is 6.26 Å². The molecule has 0 saturated carbocycles. The van der Waals surface area contributed by atoms with Gasteiger partial charge in [-0.3, -0.25) is 4.79 Å². The second-order valence-electron chi connectivity index (χ2n) is 4.84. The Kier molecular flexibility index (Phi) is 4.18. The molecular weight excluding hydrogens is 306 g/mol. The molecule has 0 bridgehead atoms. The molecule has 0 spiro atoms. The zero-order valence-corrected chi connectivity index (χ0v) is 13.2. The number of aryl methyl sites for hydroxylation is 1. The molecule has 0 radical (unpaired) electrons. The van der Waals surface area contributed by atoms with E-state index in [9.17, 15) is 18.0 Å². The summed E-state index contributed by atoms with van der Waals surface area (Å²) in [6.07, 6.45) is 4.01. The summed E-state index contributed by atoms with van der Waals surface area (Å²) >= 11 is 0. The average molecular weight is 321 g/mol. The molecule has 22 heavy (non-hydrogen) atoms. The number of carbonyl (C=O) groups excluding carboxylic acids is 1. The van der Waals surface area contributed by atoms with Gasteiger partial charge in [-0.2, -0.15) is 0 Å². The van der Waals surface area contributed by atoms with Crippen molar-refractivity contribution >= 4 is 15.8 Å². The summed E-state index contributed by atoms with van der Waals surface area (Å²) < 4.78 is 30.3. The van der Waals surface area contributed by atoms with Crippen molar-refractivity contribution in [2.45, 2.75) is 11.8 Å². The van der Waals surface area contributed by atoms with E-state index >= 15 is 0 Å². The third-order valence-corrected chi connectivity index (χ3v) is 4.31. The van der Waals surface area contributed by atoms with E-state index in [1.165, 1.54) is 42.3 Å². The minimum Gasteiger partial charge on any atom is -0.465 e. The molecule has 116 valence electrons. The van der Waals surface area contributed by atoms with Gasteiger partial charge in [-0.25, -0.2) is 13.2 Å². The van der Waals surface area contributed by atoms with Gasteiger partial charge in [-0.15, -0.1) is 0 Å². The number of nitrogens with zero attached hydrogens (tertiary/aromatic N) is 1. The Hall–Kier alpha value is -2.41. The molecule has 0 saturated heterocycles. The second-order valence-corrected chi connectivity index (χ2v) is 6.82. The molecule has 1 heterocycles. The number of ether oxygens (including phenoxy) is 1. The summed E-state index contributed by atoms with van der Waals surface area (Å²) in [6.45, 7) is 1.68. The number of esters is 1. The zero-order chi connectivity index (χ0) is 16.5. The van der Waals surface area contributed by atoms with Crippen LogP contribution in [0.1, 0.15) is 15.9 Å². The quantitative estimate of drug-likeness (QED) is 0.797. The van der Waals surface area contributed by atoms with Gasteiger partial charge < -0.3 is 9.30 Å². The molecule has 0 amide bonds. The molecule has 0 aliphatic rings. The number of pyridine rings is 1. The van der Waals surface area contributed by atoms with E-state index in [1.807, 2.05) is 0 Å². The first kappa shape index (κ1) is 16.0. The van der Waals surface area contributed by atoms with E-state index in [1.54, 1.807) is 13.0 Å². The first-order chi connectivity index (χ1) is 10.2. The summed E-state index contributed by atoms with van der Waals surface area (Å²) in [5, 5.41) is 0. The van der Waals surface area contributed by atoms with E-state index in [-0.39, 0.29) is 15.9 Å². The highest BCUT2D eigenvalue weighted by Crippen LogP contribution is 2.25. The van der Waals surface area contributed by atoms with Crippen LogP contribution >= 0.6 is 0 Å². The highest BCUT2D eigenvalue weighted by atomic mass is 32.2. The minimum absolute atomic E-state index is 0.0119. The van der Waals surface area contributed by atoms with Gasteiger partial charge in [0.25, 0.3) is 0 Å². The van der Waals surface area contributed by atoms with Crippen LogP contribution in [0.25, 0.3) is 5.69 Å². The smallest absolute Gasteiger partial charge is 0.338 e. The van der Waals surface area contributed by atoms with Crippen molar-refractivity contribution in [1.29, 1.82) is 0 Å². The largest absolute Gasteiger partial charge is 0.465 e. The standard InChI is InChI=1S/C15H15NO5S/c1-10-8-13(16-6-4-11(17)5-7-16)14(22(3,19)20)9-12(10)15(18)21-2/h4-9H,1-3H3. The molecule has 1 aromatic carbocycles. The molecule has 0 aliphatic heterocycles. The third-order valence-electron chi connectivity index (χ3n) is 3.19. The third kappa shape index (κ3) is 3.09. The molecule has 0 N–H and O–H groups in total. The predicted molar refractivity (Wildman–Crippen MR) is 81.2 cm³/mol. The minimum atomic E-state index is -3.58. The molecule has 7 heteroatoms. The first-order valence-corrected chi connectivity index (χ1v) is 8.25. The predicted octanol–water partition coefficient (Wildman–Crippen LogP) is 1.34. The van der Waals surface area contributed by atoms with Gasteiger partial charge in [0.05, 0.1) is 23.3 Å². The van der Waals surface area contributed by atoms with Gasteiger partial charge >= 0.3 is 5.97 Å². The Morgan fingerprint density at radius 3 is 2.27 bits per heavy atom. The van der Waals surface area contributed by atoms with Crippen LogP contribution in [0.4, 0.5) is 0 Å². The first-order valence-electron chi connectivity index (χ1n) is 6.36. The fraction of sp³-hybridized carbons (Fsp3) is 0.200. The summed E-state index contributed by atoms with van der Waals surface area (Å²) in [5.41, 5.74) is 0.952. The van der Waals surface area contributed by atoms with Crippen molar-refractivity contribution in [2.75, 3.05) is 13.4 Å². The van der Waals surface area contributed by atoms with Gasteiger partial charge in [0.15, 0.2) is 15.3 Å². The summed E-state index contributed by atoms with van der Waals surface area (Å²) in [5.74, 6) is -0.603. The normalized spacial score (nSPS) is 11.2. The van der Waals surface area contributed by atoms with Crippen molar-refractivity contribution in [1.82, 2.24) is 4.57 Å². The number of hydrogen-bond donors (Lipinski definition) is 0. The summed E-state index contributed by atoms with van der Waals surface area (Å²) in [4.78, 5) is 22.9. The molecule has 2 aromatic rings. The molecule has 0 atom stereocenters. The van der Waals surface area contributed by atoms with Gasteiger partial charge in [0, 0.05) is 30.8 Å². The molecular formula is C15H15NO5S. The van der Waals surface area contributed by atoms with E-state index in [2.05, 4.69) is 4.74 Å². The lowest BCUT2D eigenvalue weighted by Crippen LogP contribution is -2.12. The van der Waals surface area contributed by atoms with Crippen LogP contribution in [0.15, 0.2) is 46.3 Å². The van der Waals surface area contributed by atoms with Crippen molar-refractivity contribution in [3.63, 3.8) is 0 Å². The maximum absolute atomic E-state index is 12.0. The number of hydrogen-bond acceptors (Lipinski definition) is 5. The average Bonchev–Trinajstić information content (AvgIpc) is 2.45. The van der Waals surface area contributed by atoms with Gasteiger partial charge in [-0.05, 0) is 24.6 Å². The highest BCUT2D eigenvalue weighted by molar-refractivity contribution is 7.90. The fourth-order valence-corrected chi connectivity index (χ4v) is 2.95. The Morgan fingerprint density at radius 2 is 1.77 bits per heavy atom. The molecule has 1 aromatic heterocycles. The Bertz CT molecular complexity index is 876. The molecule has 0 aliphatic carbocycles. The van der Waals surface area contributed by atoms with E-state index < -0.39 is 15.8 Å². The maximum Gasteiger partial charge on any atom is 0.338 e. The lowest BCUT2D eigenvalue weighted by atomic mass is 10.1. The van der Waals surface area contributed by atoms with Crippen LogP contribution in [-0.4, -0.2) is 32.3 Å². The van der Waals surface area contributed by atoms with Gasteiger partial charge in [0.2, 0.25) is 0 Å². The van der Waals surface area contributed by atoms with Gasteiger partial charge in [0.1, 0.15) is 0 Å². The molecule has 0 unspecified atom stereocenters. The van der Waals surface area contributed by atoms with Crippen LogP contribution in [0.2, 0.25) is 0 Å². The van der Waals surface area contributed by atoms with Crippen molar-refractivity contribution in [2.24, 2.45) is 0 Å². The topological polar surface area (TPSA) is 82.4 Å². The van der Waals surface area contributed by atoms with Crippen molar-refractivity contribution < 1.29 is 17.9 Å². The van der Waals surface area contributed by atoms with Gasteiger partial charge in [-0.1, -0.05) is 0 Å². The molecule has 6 nitrogen and oxygen atoms in total. The lowest BCUT2D eigenvalue weighted by molar-refractivity contribution is 0.0599. The molecule has 0 fully saturated rings.